The monoisotopic (exact) mass is 421 g/mol. The average molecular weight is 422 g/mol. The van der Waals surface area contributed by atoms with Gasteiger partial charge in [-0.25, -0.2) is 9.67 Å². The Hall–Kier alpha value is -3.10. The van der Waals surface area contributed by atoms with Gasteiger partial charge in [-0.3, -0.25) is 10.1 Å². The second-order valence-corrected chi connectivity index (χ2v) is 8.83. The highest BCUT2D eigenvalue weighted by atomic mass is 32.1. The first-order valence-electron chi connectivity index (χ1n) is 9.03. The molecular formula is C21H19N5OS2. The summed E-state index contributed by atoms with van der Waals surface area (Å²) in [5, 5.41) is 13.5. The van der Waals surface area contributed by atoms with Crippen LogP contribution >= 0.6 is 22.7 Å². The molecule has 8 heteroatoms. The zero-order valence-electron chi connectivity index (χ0n) is 16.0. The standard InChI is InChI=1S/C21H19N5OS2/c1-14-10-18(15(2)29-14)19-13-28-21(22-19)23-20(27)9-8-17-12-26(25-24-17)11-16-6-4-3-5-7-16/h3-10,12-13H,11H2,1-2H3,(H,22,23,27)/b9-8+. The van der Waals surface area contributed by atoms with Gasteiger partial charge in [0.2, 0.25) is 5.91 Å². The molecule has 1 aromatic carbocycles. The van der Waals surface area contributed by atoms with Crippen molar-refractivity contribution in [3.05, 3.63) is 75.1 Å². The number of thiophene rings is 1. The Morgan fingerprint density at radius 2 is 2.07 bits per heavy atom. The Morgan fingerprint density at radius 3 is 2.83 bits per heavy atom. The molecule has 0 fully saturated rings. The Labute approximate surface area is 176 Å². The predicted molar refractivity (Wildman–Crippen MR) is 118 cm³/mol. The normalized spacial score (nSPS) is 11.2. The number of rotatable bonds is 6. The van der Waals surface area contributed by atoms with Crippen molar-refractivity contribution in [1.82, 2.24) is 20.0 Å². The Bertz CT molecular complexity index is 1160. The van der Waals surface area contributed by atoms with Crippen LogP contribution in [0.1, 0.15) is 21.0 Å². The van der Waals surface area contributed by atoms with Crippen LogP contribution in [0.2, 0.25) is 0 Å². The van der Waals surface area contributed by atoms with Crippen LogP contribution in [-0.4, -0.2) is 25.9 Å². The van der Waals surface area contributed by atoms with Gasteiger partial charge in [0.25, 0.3) is 0 Å². The fraction of sp³-hybridized carbons (Fsp3) is 0.143. The van der Waals surface area contributed by atoms with Crippen molar-refractivity contribution in [2.75, 3.05) is 5.32 Å². The van der Waals surface area contributed by atoms with Crippen molar-refractivity contribution in [2.24, 2.45) is 0 Å². The summed E-state index contributed by atoms with van der Waals surface area (Å²) in [6.45, 7) is 4.80. The van der Waals surface area contributed by atoms with Crippen LogP contribution in [0, 0.1) is 13.8 Å². The van der Waals surface area contributed by atoms with Crippen LogP contribution in [0.25, 0.3) is 17.3 Å². The van der Waals surface area contributed by atoms with Crippen LogP contribution in [-0.2, 0) is 11.3 Å². The molecule has 1 N–H and O–H groups in total. The molecule has 0 saturated carbocycles. The van der Waals surface area contributed by atoms with Gasteiger partial charge in [0.15, 0.2) is 5.13 Å². The van der Waals surface area contributed by atoms with Crippen LogP contribution < -0.4 is 5.32 Å². The molecular weight excluding hydrogens is 402 g/mol. The molecule has 4 aromatic rings. The Morgan fingerprint density at radius 1 is 1.24 bits per heavy atom. The number of carbonyl (C=O) groups excluding carboxylic acids is 1. The summed E-state index contributed by atoms with van der Waals surface area (Å²) in [6, 6.07) is 12.1. The van der Waals surface area contributed by atoms with E-state index in [0.717, 1.165) is 16.8 Å². The third kappa shape index (κ3) is 4.85. The molecule has 3 aromatic heterocycles. The number of amides is 1. The summed E-state index contributed by atoms with van der Waals surface area (Å²) in [5.41, 5.74) is 3.77. The summed E-state index contributed by atoms with van der Waals surface area (Å²) in [7, 11) is 0. The summed E-state index contributed by atoms with van der Waals surface area (Å²) < 4.78 is 1.74. The van der Waals surface area contributed by atoms with E-state index in [2.05, 4.69) is 40.5 Å². The number of thiazole rings is 1. The topological polar surface area (TPSA) is 72.7 Å². The summed E-state index contributed by atoms with van der Waals surface area (Å²) >= 11 is 3.16. The molecule has 0 aliphatic rings. The zero-order chi connectivity index (χ0) is 20.2. The van der Waals surface area contributed by atoms with Crippen LogP contribution in [0.15, 0.2) is 54.1 Å². The highest BCUT2D eigenvalue weighted by Crippen LogP contribution is 2.32. The molecule has 0 unspecified atom stereocenters. The molecule has 0 atom stereocenters. The first kappa shape index (κ1) is 19.2. The number of nitrogens with one attached hydrogen (secondary N) is 1. The quantitative estimate of drug-likeness (QED) is 0.455. The minimum atomic E-state index is -0.248. The van der Waals surface area contributed by atoms with Crippen molar-refractivity contribution in [2.45, 2.75) is 20.4 Å². The maximum atomic E-state index is 12.2. The molecule has 3 heterocycles. The smallest absolute Gasteiger partial charge is 0.250 e. The van der Waals surface area contributed by atoms with Crippen molar-refractivity contribution in [3.8, 4) is 11.3 Å². The number of carbonyl (C=O) groups is 1. The number of hydrogen-bond acceptors (Lipinski definition) is 6. The average Bonchev–Trinajstić information content (AvgIpc) is 3.41. The van der Waals surface area contributed by atoms with E-state index in [9.17, 15) is 4.79 Å². The molecule has 0 radical (unpaired) electrons. The highest BCUT2D eigenvalue weighted by Gasteiger charge is 2.11. The molecule has 0 bridgehead atoms. The van der Waals surface area contributed by atoms with Gasteiger partial charge in [0, 0.05) is 26.8 Å². The fourth-order valence-corrected chi connectivity index (χ4v) is 4.53. The largest absolute Gasteiger partial charge is 0.298 e. The summed E-state index contributed by atoms with van der Waals surface area (Å²) in [6.07, 6.45) is 4.89. The van der Waals surface area contributed by atoms with Crippen molar-refractivity contribution in [3.63, 3.8) is 0 Å². The molecule has 0 aliphatic carbocycles. The summed E-state index contributed by atoms with van der Waals surface area (Å²) in [5.74, 6) is -0.248. The molecule has 4 rings (SSSR count). The van der Waals surface area contributed by atoms with E-state index < -0.39 is 0 Å². The molecule has 1 amide bonds. The molecule has 6 nitrogen and oxygen atoms in total. The van der Waals surface area contributed by atoms with E-state index >= 15 is 0 Å². The third-order valence-corrected chi connectivity index (χ3v) is 5.92. The minimum Gasteiger partial charge on any atom is -0.298 e. The predicted octanol–water partition coefficient (Wildman–Crippen LogP) is 4.78. The number of hydrogen-bond donors (Lipinski definition) is 1. The molecule has 0 saturated heterocycles. The van der Waals surface area contributed by atoms with Gasteiger partial charge < -0.3 is 0 Å². The van der Waals surface area contributed by atoms with E-state index in [1.165, 1.54) is 27.2 Å². The van der Waals surface area contributed by atoms with Crippen LogP contribution in [0.5, 0.6) is 0 Å². The number of anilines is 1. The Kier molecular flexibility index (Phi) is 5.64. The van der Waals surface area contributed by atoms with Gasteiger partial charge in [0.1, 0.15) is 5.69 Å². The second kappa shape index (κ2) is 8.50. The maximum absolute atomic E-state index is 12.2. The molecule has 29 heavy (non-hydrogen) atoms. The second-order valence-electron chi connectivity index (χ2n) is 6.51. The van der Waals surface area contributed by atoms with Gasteiger partial charge in [-0.2, -0.15) is 0 Å². The molecule has 0 spiro atoms. The number of aromatic nitrogens is 4. The fourth-order valence-electron chi connectivity index (χ4n) is 2.89. The third-order valence-electron chi connectivity index (χ3n) is 4.20. The lowest BCUT2D eigenvalue weighted by Crippen LogP contribution is -2.07. The van der Waals surface area contributed by atoms with Crippen molar-refractivity contribution < 1.29 is 4.79 Å². The zero-order valence-corrected chi connectivity index (χ0v) is 17.6. The van der Waals surface area contributed by atoms with Gasteiger partial charge >= 0.3 is 0 Å². The lowest BCUT2D eigenvalue weighted by molar-refractivity contribution is -0.111. The molecule has 0 aliphatic heterocycles. The first-order valence-corrected chi connectivity index (χ1v) is 10.7. The van der Waals surface area contributed by atoms with Crippen molar-refractivity contribution in [1.29, 1.82) is 0 Å². The summed E-state index contributed by atoms with van der Waals surface area (Å²) in [4.78, 5) is 19.2. The van der Waals surface area contributed by atoms with E-state index in [1.807, 2.05) is 35.7 Å². The van der Waals surface area contributed by atoms with Gasteiger partial charge in [-0.1, -0.05) is 35.5 Å². The van der Waals surface area contributed by atoms with Crippen LogP contribution in [0.3, 0.4) is 0 Å². The van der Waals surface area contributed by atoms with Gasteiger partial charge in [-0.05, 0) is 31.6 Å². The lowest BCUT2D eigenvalue weighted by atomic mass is 10.2. The number of nitrogens with zero attached hydrogens (tertiary/aromatic N) is 4. The van der Waals surface area contributed by atoms with Gasteiger partial charge in [0.05, 0.1) is 18.4 Å². The van der Waals surface area contributed by atoms with E-state index in [4.69, 9.17) is 0 Å². The van der Waals surface area contributed by atoms with Gasteiger partial charge in [-0.15, -0.1) is 27.8 Å². The minimum absolute atomic E-state index is 0.248. The van der Waals surface area contributed by atoms with E-state index in [-0.39, 0.29) is 5.91 Å². The van der Waals surface area contributed by atoms with Crippen molar-refractivity contribution >= 4 is 39.8 Å². The highest BCUT2D eigenvalue weighted by molar-refractivity contribution is 7.14. The molecule has 146 valence electrons. The maximum Gasteiger partial charge on any atom is 0.250 e. The lowest BCUT2D eigenvalue weighted by Gasteiger charge is -1.99. The SMILES string of the molecule is Cc1cc(-c2csc(NC(=O)/C=C/c3cn(Cc4ccccc4)nn3)n2)c(C)s1. The number of aryl methyl sites for hydroxylation is 2. The van der Waals surface area contributed by atoms with Crippen LogP contribution in [0.4, 0.5) is 5.13 Å². The first-order chi connectivity index (χ1) is 14.1. The van der Waals surface area contributed by atoms with E-state index in [1.54, 1.807) is 28.3 Å². The van der Waals surface area contributed by atoms with E-state index in [0.29, 0.717) is 17.4 Å². The Balaban J connectivity index is 1.36. The number of benzene rings is 1.